The largest absolute Gasteiger partial charge is 0.387 e. The Bertz CT molecular complexity index is 547. The summed E-state index contributed by atoms with van der Waals surface area (Å²) in [5, 5.41) is 10.4. The van der Waals surface area contributed by atoms with E-state index in [2.05, 4.69) is 4.90 Å². The predicted molar refractivity (Wildman–Crippen MR) is 97.2 cm³/mol. The fourth-order valence-corrected chi connectivity index (χ4v) is 4.00. The Kier molecular flexibility index (Phi) is 6.10. The molecule has 25 heavy (non-hydrogen) atoms. The van der Waals surface area contributed by atoms with Crippen molar-refractivity contribution in [3.63, 3.8) is 0 Å². The van der Waals surface area contributed by atoms with Crippen LogP contribution in [-0.2, 0) is 9.53 Å². The Morgan fingerprint density at radius 3 is 2.36 bits per heavy atom. The molecule has 138 valence electrons. The molecule has 2 heterocycles. The first kappa shape index (κ1) is 18.4. The quantitative estimate of drug-likeness (QED) is 0.907. The SMILES string of the molecule is CC1CN(C(=O)C2CCN(CC(O)c3ccccc3)CC2)CC(C)O1. The Labute approximate surface area is 150 Å². The summed E-state index contributed by atoms with van der Waals surface area (Å²) in [6.07, 6.45) is 1.53. The van der Waals surface area contributed by atoms with Crippen molar-refractivity contribution in [2.45, 2.75) is 45.0 Å². The van der Waals surface area contributed by atoms with Crippen LogP contribution in [0.1, 0.15) is 38.4 Å². The Morgan fingerprint density at radius 1 is 1.16 bits per heavy atom. The van der Waals surface area contributed by atoms with Crippen molar-refractivity contribution in [1.29, 1.82) is 0 Å². The van der Waals surface area contributed by atoms with Crippen molar-refractivity contribution in [1.82, 2.24) is 9.80 Å². The van der Waals surface area contributed by atoms with Gasteiger partial charge in [-0.3, -0.25) is 4.79 Å². The number of piperidine rings is 1. The van der Waals surface area contributed by atoms with E-state index in [1.54, 1.807) is 0 Å². The van der Waals surface area contributed by atoms with Gasteiger partial charge in [0.15, 0.2) is 0 Å². The molecule has 2 aliphatic rings. The summed E-state index contributed by atoms with van der Waals surface area (Å²) in [4.78, 5) is 17.1. The van der Waals surface area contributed by atoms with E-state index in [-0.39, 0.29) is 24.0 Å². The standard InChI is InChI=1S/C20H30N2O3/c1-15-12-22(13-16(2)25-15)20(24)18-8-10-21(11-9-18)14-19(23)17-6-4-3-5-7-17/h3-7,15-16,18-19,23H,8-14H2,1-2H3. The number of aliphatic hydroxyl groups excluding tert-OH is 1. The number of rotatable bonds is 4. The van der Waals surface area contributed by atoms with Gasteiger partial charge in [0.1, 0.15) is 0 Å². The normalized spacial score (nSPS) is 27.2. The van der Waals surface area contributed by atoms with E-state index < -0.39 is 6.10 Å². The second-order valence-corrected chi connectivity index (χ2v) is 7.50. The van der Waals surface area contributed by atoms with Gasteiger partial charge in [-0.2, -0.15) is 0 Å². The third kappa shape index (κ3) is 4.81. The van der Waals surface area contributed by atoms with Gasteiger partial charge >= 0.3 is 0 Å². The highest BCUT2D eigenvalue weighted by Gasteiger charge is 2.32. The second-order valence-electron chi connectivity index (χ2n) is 7.50. The number of carbonyl (C=O) groups excluding carboxylic acids is 1. The molecule has 0 spiro atoms. The lowest BCUT2D eigenvalue weighted by atomic mass is 9.94. The number of aliphatic hydroxyl groups is 1. The summed E-state index contributed by atoms with van der Waals surface area (Å²) in [5.41, 5.74) is 0.956. The van der Waals surface area contributed by atoms with Gasteiger partial charge in [-0.25, -0.2) is 0 Å². The second kappa shape index (κ2) is 8.30. The van der Waals surface area contributed by atoms with E-state index in [4.69, 9.17) is 4.74 Å². The van der Waals surface area contributed by atoms with Gasteiger partial charge in [-0.05, 0) is 45.3 Å². The summed E-state index contributed by atoms with van der Waals surface area (Å²) in [7, 11) is 0. The minimum atomic E-state index is -0.464. The molecule has 1 N–H and O–H groups in total. The third-order valence-corrected chi connectivity index (χ3v) is 5.28. The van der Waals surface area contributed by atoms with Gasteiger partial charge < -0.3 is 19.6 Å². The van der Waals surface area contributed by atoms with Crippen molar-refractivity contribution < 1.29 is 14.6 Å². The first-order valence-corrected chi connectivity index (χ1v) is 9.42. The highest BCUT2D eigenvalue weighted by atomic mass is 16.5. The molecule has 1 aromatic carbocycles. The number of amides is 1. The summed E-state index contributed by atoms with van der Waals surface area (Å²) in [5.74, 6) is 0.396. The molecular formula is C20H30N2O3. The summed E-state index contributed by atoms with van der Waals surface area (Å²) < 4.78 is 5.73. The molecule has 1 aromatic rings. The fraction of sp³-hybridized carbons (Fsp3) is 0.650. The van der Waals surface area contributed by atoms with Crippen LogP contribution in [-0.4, -0.2) is 65.7 Å². The lowest BCUT2D eigenvalue weighted by Crippen LogP contribution is -2.51. The molecule has 2 aliphatic heterocycles. The molecule has 2 fully saturated rings. The minimum Gasteiger partial charge on any atom is -0.387 e. The fourth-order valence-electron chi connectivity index (χ4n) is 4.00. The van der Waals surface area contributed by atoms with Crippen LogP contribution < -0.4 is 0 Å². The maximum absolute atomic E-state index is 12.8. The maximum atomic E-state index is 12.8. The van der Waals surface area contributed by atoms with Gasteiger partial charge in [-0.15, -0.1) is 0 Å². The number of carbonyl (C=O) groups is 1. The Balaban J connectivity index is 1.47. The van der Waals surface area contributed by atoms with Gasteiger partial charge in [0.2, 0.25) is 5.91 Å². The van der Waals surface area contributed by atoms with E-state index in [1.807, 2.05) is 49.1 Å². The number of likely N-dealkylation sites (tertiary alicyclic amines) is 1. The molecule has 3 unspecified atom stereocenters. The molecule has 3 atom stereocenters. The van der Waals surface area contributed by atoms with Crippen LogP contribution in [0.2, 0.25) is 0 Å². The lowest BCUT2D eigenvalue weighted by molar-refractivity contribution is -0.149. The molecule has 3 rings (SSSR count). The van der Waals surface area contributed by atoms with Gasteiger partial charge in [0.25, 0.3) is 0 Å². The van der Waals surface area contributed by atoms with Crippen molar-refractivity contribution in [3.05, 3.63) is 35.9 Å². The van der Waals surface area contributed by atoms with Crippen LogP contribution in [0.5, 0.6) is 0 Å². The maximum Gasteiger partial charge on any atom is 0.225 e. The van der Waals surface area contributed by atoms with Crippen molar-refractivity contribution in [2.75, 3.05) is 32.7 Å². The first-order valence-electron chi connectivity index (χ1n) is 9.42. The molecule has 0 bridgehead atoms. The average Bonchev–Trinajstić information content (AvgIpc) is 2.61. The van der Waals surface area contributed by atoms with Gasteiger partial charge in [0, 0.05) is 25.6 Å². The average molecular weight is 346 g/mol. The van der Waals surface area contributed by atoms with Crippen molar-refractivity contribution in [2.24, 2.45) is 5.92 Å². The third-order valence-electron chi connectivity index (χ3n) is 5.28. The number of morpholine rings is 1. The topological polar surface area (TPSA) is 53.0 Å². The highest BCUT2D eigenvalue weighted by molar-refractivity contribution is 5.79. The van der Waals surface area contributed by atoms with E-state index in [9.17, 15) is 9.90 Å². The molecule has 0 radical (unpaired) electrons. The summed E-state index contributed by atoms with van der Waals surface area (Å²) in [6.45, 7) is 7.85. The summed E-state index contributed by atoms with van der Waals surface area (Å²) in [6, 6.07) is 9.78. The van der Waals surface area contributed by atoms with Crippen LogP contribution in [0.4, 0.5) is 0 Å². The van der Waals surface area contributed by atoms with Crippen LogP contribution in [0.3, 0.4) is 0 Å². The van der Waals surface area contributed by atoms with Crippen molar-refractivity contribution >= 4 is 5.91 Å². The number of β-amino-alcohol motifs (C(OH)–C–C–N with tert-alkyl or cyclic N) is 1. The molecule has 5 heteroatoms. The number of benzene rings is 1. The summed E-state index contributed by atoms with van der Waals surface area (Å²) >= 11 is 0. The lowest BCUT2D eigenvalue weighted by Gasteiger charge is -2.39. The van der Waals surface area contributed by atoms with E-state index >= 15 is 0 Å². The zero-order chi connectivity index (χ0) is 17.8. The van der Waals surface area contributed by atoms with Crippen LogP contribution in [0.15, 0.2) is 30.3 Å². The van der Waals surface area contributed by atoms with Crippen LogP contribution in [0, 0.1) is 5.92 Å². The molecule has 0 saturated carbocycles. The number of nitrogens with zero attached hydrogens (tertiary/aromatic N) is 2. The zero-order valence-electron chi connectivity index (χ0n) is 15.3. The minimum absolute atomic E-state index is 0.114. The Morgan fingerprint density at radius 2 is 1.76 bits per heavy atom. The monoisotopic (exact) mass is 346 g/mol. The van der Waals surface area contributed by atoms with Crippen LogP contribution >= 0.6 is 0 Å². The number of hydrogen-bond donors (Lipinski definition) is 1. The van der Waals surface area contributed by atoms with Crippen LogP contribution in [0.25, 0.3) is 0 Å². The molecular weight excluding hydrogens is 316 g/mol. The van der Waals surface area contributed by atoms with E-state index in [0.29, 0.717) is 19.6 Å². The van der Waals surface area contributed by atoms with Crippen molar-refractivity contribution in [3.8, 4) is 0 Å². The molecule has 0 aromatic heterocycles. The first-order chi connectivity index (χ1) is 12.0. The number of ether oxygens (including phenoxy) is 1. The van der Waals surface area contributed by atoms with Gasteiger partial charge in [0.05, 0.1) is 18.3 Å². The molecule has 2 saturated heterocycles. The molecule has 1 amide bonds. The number of hydrogen-bond acceptors (Lipinski definition) is 4. The van der Waals surface area contributed by atoms with E-state index in [0.717, 1.165) is 31.5 Å². The predicted octanol–water partition coefficient (Wildman–Crippen LogP) is 2.07. The molecule has 0 aliphatic carbocycles. The smallest absolute Gasteiger partial charge is 0.225 e. The Hall–Kier alpha value is -1.43. The highest BCUT2D eigenvalue weighted by Crippen LogP contribution is 2.24. The molecule has 5 nitrogen and oxygen atoms in total. The van der Waals surface area contributed by atoms with E-state index in [1.165, 1.54) is 0 Å². The van der Waals surface area contributed by atoms with Gasteiger partial charge in [-0.1, -0.05) is 30.3 Å². The zero-order valence-corrected chi connectivity index (χ0v) is 15.3.